The number of nitro benzene ring substituents is 1. The minimum absolute atomic E-state index is 0.0461. The summed E-state index contributed by atoms with van der Waals surface area (Å²) in [5, 5.41) is 12.1. The number of Topliss-reactive ketones (excluding diaryl/α,β-unsaturated/α-hetero) is 1. The predicted octanol–water partition coefficient (Wildman–Crippen LogP) is 5.38. The number of ketones is 1. The van der Waals surface area contributed by atoms with Gasteiger partial charge in [-0.2, -0.15) is 8.78 Å². The Hall–Kier alpha value is -3.49. The lowest BCUT2D eigenvalue weighted by Gasteiger charge is -2.25. The largest absolute Gasteiger partial charge is 0.452 e. The van der Waals surface area contributed by atoms with Crippen LogP contribution in [0.2, 0.25) is 0 Å². The van der Waals surface area contributed by atoms with Gasteiger partial charge >= 0.3 is 6.61 Å². The summed E-state index contributed by atoms with van der Waals surface area (Å²) in [7, 11) is 3.67. The van der Waals surface area contributed by atoms with Crippen molar-refractivity contribution in [1.29, 1.82) is 0 Å². The Labute approximate surface area is 176 Å². The van der Waals surface area contributed by atoms with Crippen molar-refractivity contribution in [3.05, 3.63) is 57.8 Å². The standard InChI is InChI=1S/C22H20F2N2O5/c1-25(2)11-12-4-3-5-15(20(12)27)14-7-9-18(31-22(23)24)21-19(14)16-10-13(26(28)29)6-8-17(16)30-21/h6-11,15,22H,3-5H2,1-2H3/b12-11-. The Kier molecular flexibility index (Phi) is 5.34. The molecule has 4 rings (SSSR count). The van der Waals surface area contributed by atoms with E-state index in [0.717, 1.165) is 6.42 Å². The van der Waals surface area contributed by atoms with Crippen LogP contribution in [0.4, 0.5) is 14.5 Å². The van der Waals surface area contributed by atoms with Crippen LogP contribution in [0.3, 0.4) is 0 Å². The van der Waals surface area contributed by atoms with Crippen molar-refractivity contribution in [2.45, 2.75) is 31.8 Å². The van der Waals surface area contributed by atoms with Crippen molar-refractivity contribution in [2.24, 2.45) is 0 Å². The summed E-state index contributed by atoms with van der Waals surface area (Å²) in [6.45, 7) is -3.07. The van der Waals surface area contributed by atoms with Crippen LogP contribution < -0.4 is 4.74 Å². The average molecular weight is 430 g/mol. The first-order valence-corrected chi connectivity index (χ1v) is 9.76. The molecule has 7 nitrogen and oxygen atoms in total. The molecule has 0 radical (unpaired) electrons. The summed E-state index contributed by atoms with van der Waals surface area (Å²) in [6.07, 6.45) is 3.80. The molecule has 2 aromatic carbocycles. The van der Waals surface area contributed by atoms with Gasteiger partial charge < -0.3 is 14.1 Å². The highest BCUT2D eigenvalue weighted by Gasteiger charge is 2.32. The van der Waals surface area contributed by atoms with Gasteiger partial charge in [0, 0.05) is 54.7 Å². The fourth-order valence-electron chi connectivity index (χ4n) is 4.17. The maximum absolute atomic E-state index is 13.2. The first-order chi connectivity index (χ1) is 14.8. The van der Waals surface area contributed by atoms with Crippen LogP contribution in [0.15, 0.2) is 46.5 Å². The molecule has 1 aromatic heterocycles. The van der Waals surface area contributed by atoms with Gasteiger partial charge in [0.25, 0.3) is 5.69 Å². The molecule has 0 aliphatic heterocycles. The molecule has 0 saturated heterocycles. The van der Waals surface area contributed by atoms with Crippen LogP contribution in [0, 0.1) is 10.1 Å². The summed E-state index contributed by atoms with van der Waals surface area (Å²) >= 11 is 0. The van der Waals surface area contributed by atoms with Crippen LogP contribution in [-0.4, -0.2) is 36.3 Å². The number of alkyl halides is 2. The quantitative estimate of drug-likeness (QED) is 0.307. The number of furan rings is 1. The van der Waals surface area contributed by atoms with E-state index >= 15 is 0 Å². The third-order valence-electron chi connectivity index (χ3n) is 5.39. The van der Waals surface area contributed by atoms with E-state index < -0.39 is 17.5 Å². The van der Waals surface area contributed by atoms with Crippen LogP contribution in [-0.2, 0) is 4.79 Å². The van der Waals surface area contributed by atoms with E-state index in [9.17, 15) is 23.7 Å². The number of benzene rings is 2. The molecular weight excluding hydrogens is 410 g/mol. The smallest absolute Gasteiger partial charge is 0.387 e. The van der Waals surface area contributed by atoms with Gasteiger partial charge in [-0.3, -0.25) is 14.9 Å². The lowest BCUT2D eigenvalue weighted by molar-refractivity contribution is -0.384. The predicted molar refractivity (Wildman–Crippen MR) is 110 cm³/mol. The number of carbonyl (C=O) groups is 1. The number of hydrogen-bond acceptors (Lipinski definition) is 6. The maximum Gasteiger partial charge on any atom is 0.387 e. The molecule has 1 atom stereocenters. The highest BCUT2D eigenvalue weighted by atomic mass is 19.3. The van der Waals surface area contributed by atoms with Crippen molar-refractivity contribution >= 4 is 33.4 Å². The Morgan fingerprint density at radius 3 is 2.74 bits per heavy atom. The number of carbonyl (C=O) groups excluding carboxylic acids is 1. The van der Waals surface area contributed by atoms with E-state index in [1.165, 1.54) is 24.3 Å². The minimum Gasteiger partial charge on any atom is -0.452 e. The number of rotatable bonds is 5. The van der Waals surface area contributed by atoms with Gasteiger partial charge in [-0.15, -0.1) is 0 Å². The number of non-ortho nitro benzene ring substituents is 1. The van der Waals surface area contributed by atoms with E-state index in [1.54, 1.807) is 17.2 Å². The maximum atomic E-state index is 13.2. The molecule has 0 N–H and O–H groups in total. The van der Waals surface area contributed by atoms with Gasteiger partial charge in [-0.1, -0.05) is 6.07 Å². The molecule has 1 heterocycles. The second-order valence-corrected chi connectivity index (χ2v) is 7.70. The van der Waals surface area contributed by atoms with Gasteiger partial charge in [-0.05, 0) is 37.0 Å². The molecule has 1 unspecified atom stereocenters. The van der Waals surface area contributed by atoms with Gasteiger partial charge in [0.15, 0.2) is 17.1 Å². The lowest BCUT2D eigenvalue weighted by Crippen LogP contribution is -2.22. The molecule has 1 fully saturated rings. The number of nitro groups is 1. The lowest BCUT2D eigenvalue weighted by atomic mass is 9.79. The summed E-state index contributed by atoms with van der Waals surface area (Å²) in [5.41, 5.74) is 1.44. The van der Waals surface area contributed by atoms with Crippen LogP contribution >= 0.6 is 0 Å². The molecular formula is C22H20F2N2O5. The van der Waals surface area contributed by atoms with Crippen molar-refractivity contribution in [3.8, 4) is 5.75 Å². The van der Waals surface area contributed by atoms with E-state index in [0.29, 0.717) is 40.3 Å². The first kappa shape index (κ1) is 20.8. The Balaban J connectivity index is 1.96. The van der Waals surface area contributed by atoms with Crippen molar-refractivity contribution in [1.82, 2.24) is 4.90 Å². The fourth-order valence-corrected chi connectivity index (χ4v) is 4.17. The summed E-state index contributed by atoms with van der Waals surface area (Å²) < 4.78 is 36.3. The van der Waals surface area contributed by atoms with Gasteiger partial charge in [0.05, 0.1) is 4.92 Å². The molecule has 0 spiro atoms. The van der Waals surface area contributed by atoms with Crippen molar-refractivity contribution in [2.75, 3.05) is 14.1 Å². The molecule has 1 aliphatic carbocycles. The zero-order valence-corrected chi connectivity index (χ0v) is 16.9. The molecule has 0 amide bonds. The monoisotopic (exact) mass is 430 g/mol. The zero-order chi connectivity index (χ0) is 22.3. The Morgan fingerprint density at radius 1 is 1.29 bits per heavy atom. The molecule has 0 bridgehead atoms. The normalized spacial score (nSPS) is 18.3. The van der Waals surface area contributed by atoms with Crippen LogP contribution in [0.25, 0.3) is 21.9 Å². The van der Waals surface area contributed by atoms with Crippen molar-refractivity contribution in [3.63, 3.8) is 0 Å². The fraction of sp³-hybridized carbons (Fsp3) is 0.318. The summed E-state index contributed by atoms with van der Waals surface area (Å²) in [6, 6.07) is 6.97. The molecule has 162 valence electrons. The second-order valence-electron chi connectivity index (χ2n) is 7.70. The SMILES string of the molecule is CN(C)/C=C1/CCCC(c2ccc(OC(F)F)c3oc4ccc([N+](=O)[O-])cc4c23)C1=O. The highest BCUT2D eigenvalue weighted by Crippen LogP contribution is 2.44. The molecule has 1 aliphatic rings. The molecule has 3 aromatic rings. The zero-order valence-electron chi connectivity index (χ0n) is 16.9. The van der Waals surface area contributed by atoms with E-state index in [1.807, 2.05) is 14.1 Å². The van der Waals surface area contributed by atoms with Gasteiger partial charge in [0.2, 0.25) is 0 Å². The summed E-state index contributed by atoms with van der Waals surface area (Å²) in [4.78, 5) is 25.8. The number of ether oxygens (including phenoxy) is 1. The minimum atomic E-state index is -3.07. The summed E-state index contributed by atoms with van der Waals surface area (Å²) in [5.74, 6) is -0.744. The third-order valence-corrected chi connectivity index (χ3v) is 5.39. The van der Waals surface area contributed by atoms with Gasteiger partial charge in [-0.25, -0.2) is 0 Å². The molecule has 31 heavy (non-hydrogen) atoms. The van der Waals surface area contributed by atoms with E-state index in [2.05, 4.69) is 4.74 Å². The number of fused-ring (bicyclic) bond motifs is 3. The average Bonchev–Trinajstić information content (AvgIpc) is 3.09. The number of allylic oxidation sites excluding steroid dienone is 1. The Morgan fingerprint density at radius 2 is 2.06 bits per heavy atom. The second kappa shape index (κ2) is 7.98. The number of halogens is 2. The van der Waals surface area contributed by atoms with E-state index in [-0.39, 0.29) is 22.8 Å². The molecule has 1 saturated carbocycles. The number of hydrogen-bond donors (Lipinski definition) is 0. The number of nitrogens with zero attached hydrogens (tertiary/aromatic N) is 2. The third kappa shape index (κ3) is 3.83. The van der Waals surface area contributed by atoms with Crippen LogP contribution in [0.5, 0.6) is 5.75 Å². The molecule has 9 heteroatoms. The first-order valence-electron chi connectivity index (χ1n) is 9.76. The van der Waals surface area contributed by atoms with Crippen molar-refractivity contribution < 1.29 is 27.7 Å². The highest BCUT2D eigenvalue weighted by molar-refractivity contribution is 6.12. The van der Waals surface area contributed by atoms with E-state index in [4.69, 9.17) is 4.42 Å². The topological polar surface area (TPSA) is 85.8 Å². The Bertz CT molecular complexity index is 1220. The van der Waals surface area contributed by atoms with Crippen LogP contribution in [0.1, 0.15) is 30.7 Å². The van der Waals surface area contributed by atoms with Gasteiger partial charge in [0.1, 0.15) is 5.58 Å².